The highest BCUT2D eigenvalue weighted by Gasteiger charge is 2.41. The van der Waals surface area contributed by atoms with Crippen LogP contribution in [0.3, 0.4) is 0 Å². The van der Waals surface area contributed by atoms with Crippen LogP contribution in [0.2, 0.25) is 0 Å². The smallest absolute Gasteiger partial charge is 0.260 e. The van der Waals surface area contributed by atoms with Gasteiger partial charge < -0.3 is 28.7 Å². The van der Waals surface area contributed by atoms with Crippen LogP contribution in [0.25, 0.3) is 0 Å². The van der Waals surface area contributed by atoms with Crippen molar-refractivity contribution in [1.82, 2.24) is 0 Å². The van der Waals surface area contributed by atoms with Crippen LogP contribution in [-0.2, 0) is 0 Å². The number of benzene rings is 7. The maximum Gasteiger partial charge on any atom is 0.260 e. The fourth-order valence-electron chi connectivity index (χ4n) is 7.78. The molecule has 0 amide bonds. The van der Waals surface area contributed by atoms with Crippen LogP contribution in [0.5, 0.6) is 46.0 Å². The number of fused-ring (bicyclic) bond motifs is 8. The second-order valence-electron chi connectivity index (χ2n) is 12.8. The maximum atomic E-state index is 10.0. The van der Waals surface area contributed by atoms with Gasteiger partial charge in [-0.3, -0.25) is 0 Å². The van der Waals surface area contributed by atoms with Gasteiger partial charge in [0.05, 0.1) is 45.8 Å². The highest BCUT2D eigenvalue weighted by Crippen LogP contribution is 2.52. The zero-order chi connectivity index (χ0) is 33.6. The lowest BCUT2D eigenvalue weighted by molar-refractivity contribution is 0.463. The van der Waals surface area contributed by atoms with Gasteiger partial charge in [-0.25, -0.2) is 0 Å². The summed E-state index contributed by atoms with van der Waals surface area (Å²) in [4.78, 5) is 4.40. The Bertz CT molecular complexity index is 2410. The van der Waals surface area contributed by atoms with Gasteiger partial charge in [0.25, 0.3) is 6.71 Å². The molecule has 7 aromatic carbocycles. The van der Waals surface area contributed by atoms with Crippen molar-refractivity contribution in [2.45, 2.75) is 0 Å². The molecule has 0 fully saturated rings. The topological polar surface area (TPSA) is 67.2 Å². The number of hydrogen-bond acceptors (Lipinski definition) is 7. The first-order valence-electron chi connectivity index (χ1n) is 16.8. The van der Waals surface area contributed by atoms with E-state index in [0.717, 1.165) is 85.0 Å². The molecule has 0 bridgehead atoms. The van der Waals surface area contributed by atoms with E-state index >= 15 is 0 Å². The van der Waals surface area contributed by atoms with Crippen LogP contribution in [0, 0.1) is 11.3 Å². The van der Waals surface area contributed by atoms with Crippen LogP contribution in [0.15, 0.2) is 146 Å². The normalized spacial score (nSPS) is 13.6. The van der Waals surface area contributed by atoms with Gasteiger partial charge in [0.2, 0.25) is 0 Å². The van der Waals surface area contributed by atoms with Gasteiger partial charge in [0, 0.05) is 17.6 Å². The zero-order valence-corrected chi connectivity index (χ0v) is 26.9. The van der Waals surface area contributed by atoms with E-state index in [-0.39, 0.29) is 6.71 Å². The highest BCUT2D eigenvalue weighted by molar-refractivity contribution is 6.98. The van der Waals surface area contributed by atoms with Gasteiger partial charge in [-0.15, -0.1) is 0 Å². The van der Waals surface area contributed by atoms with E-state index in [1.165, 1.54) is 0 Å². The van der Waals surface area contributed by atoms with Crippen LogP contribution in [0.4, 0.5) is 34.1 Å². The summed E-state index contributed by atoms with van der Waals surface area (Å²) in [6.07, 6.45) is 0. The molecule has 4 heterocycles. The molecular formula is C43H24BN3O4. The monoisotopic (exact) mass is 657 g/mol. The van der Waals surface area contributed by atoms with Crippen LogP contribution >= 0.6 is 0 Å². The van der Waals surface area contributed by atoms with Crippen molar-refractivity contribution in [3.63, 3.8) is 0 Å². The summed E-state index contributed by atoms with van der Waals surface area (Å²) in [6, 6.07) is 50.8. The SMILES string of the molecule is N#Cc1cc2c3c(c1)Oc1cc(N4c5ccccc5Oc5ccccc54)ccc1B3c1ccc(N3c4ccccc4Oc4ccccc43)cc1O2. The minimum absolute atomic E-state index is 0.174. The second-order valence-corrected chi connectivity index (χ2v) is 12.8. The lowest BCUT2D eigenvalue weighted by Crippen LogP contribution is -2.57. The molecule has 0 saturated heterocycles. The van der Waals surface area contributed by atoms with Crippen molar-refractivity contribution >= 4 is 57.2 Å². The molecule has 4 aliphatic rings. The molecule has 8 heteroatoms. The number of nitrogens with zero attached hydrogens (tertiary/aromatic N) is 3. The first-order valence-corrected chi connectivity index (χ1v) is 16.8. The van der Waals surface area contributed by atoms with E-state index in [1.807, 2.05) is 84.9 Å². The Morgan fingerprint density at radius 2 is 0.784 bits per heavy atom. The average molecular weight is 657 g/mol. The maximum absolute atomic E-state index is 10.0. The lowest BCUT2D eigenvalue weighted by atomic mass is 9.35. The summed E-state index contributed by atoms with van der Waals surface area (Å²) in [6.45, 7) is -0.174. The molecule has 0 spiro atoms. The van der Waals surface area contributed by atoms with E-state index in [1.54, 1.807) is 0 Å². The Balaban J connectivity index is 1.07. The van der Waals surface area contributed by atoms with Crippen LogP contribution in [-0.4, -0.2) is 6.71 Å². The Kier molecular flexibility index (Phi) is 5.70. The first-order chi connectivity index (χ1) is 25.2. The van der Waals surface area contributed by atoms with Gasteiger partial charge in [-0.2, -0.15) is 5.26 Å². The van der Waals surface area contributed by atoms with Crippen LogP contribution in [0.1, 0.15) is 5.56 Å². The predicted molar refractivity (Wildman–Crippen MR) is 198 cm³/mol. The van der Waals surface area contributed by atoms with E-state index in [4.69, 9.17) is 18.9 Å². The lowest BCUT2D eigenvalue weighted by Gasteiger charge is -2.36. The Morgan fingerprint density at radius 1 is 0.412 bits per heavy atom. The Hall–Kier alpha value is -7.11. The van der Waals surface area contributed by atoms with Crippen molar-refractivity contribution < 1.29 is 18.9 Å². The second kappa shape index (κ2) is 10.4. The Morgan fingerprint density at radius 3 is 1.18 bits per heavy atom. The third-order valence-corrected chi connectivity index (χ3v) is 9.96. The van der Waals surface area contributed by atoms with E-state index in [9.17, 15) is 5.26 Å². The van der Waals surface area contributed by atoms with Gasteiger partial charge in [-0.1, -0.05) is 60.7 Å². The number of ether oxygens (including phenoxy) is 4. The largest absolute Gasteiger partial charge is 0.458 e. The summed E-state index contributed by atoms with van der Waals surface area (Å²) < 4.78 is 25.9. The predicted octanol–water partition coefficient (Wildman–Crippen LogP) is 9.44. The molecule has 51 heavy (non-hydrogen) atoms. The van der Waals surface area contributed by atoms with Gasteiger partial charge in [0.1, 0.15) is 23.0 Å². The summed E-state index contributed by atoms with van der Waals surface area (Å²) in [5.41, 5.74) is 9.06. The van der Waals surface area contributed by atoms with Crippen molar-refractivity contribution in [1.29, 1.82) is 5.26 Å². The average Bonchev–Trinajstić information content (AvgIpc) is 3.18. The molecule has 4 aliphatic heterocycles. The fraction of sp³-hybridized carbons (Fsp3) is 0. The molecule has 0 N–H and O–H groups in total. The van der Waals surface area contributed by atoms with Crippen molar-refractivity contribution in [3.05, 3.63) is 151 Å². The highest BCUT2D eigenvalue weighted by atomic mass is 16.5. The first kappa shape index (κ1) is 27.8. The minimum Gasteiger partial charge on any atom is -0.458 e. The molecular weight excluding hydrogens is 633 g/mol. The molecule has 7 aromatic rings. The molecule has 0 aromatic heterocycles. The third kappa shape index (κ3) is 4.06. The van der Waals surface area contributed by atoms with E-state index in [2.05, 4.69) is 76.5 Å². The van der Waals surface area contributed by atoms with Gasteiger partial charge in [0.15, 0.2) is 23.0 Å². The molecule has 0 aliphatic carbocycles. The standard InChI is InChI=1S/C43H24BN3O4/c45-25-26-21-41-43-42(22-26)51-40-24-28(47-33-11-3-7-15-37(33)49-38-16-8-4-12-34(38)47)18-20-30(40)44(43)29-19-17-27(23-39(29)50-41)46-31-9-1-5-13-35(31)48-36-14-6-2-10-32(36)46/h1-24H. The number of hydrogen-bond donors (Lipinski definition) is 0. The third-order valence-electron chi connectivity index (χ3n) is 9.96. The van der Waals surface area contributed by atoms with Gasteiger partial charge in [-0.05, 0) is 83.7 Å². The minimum atomic E-state index is -0.174. The van der Waals surface area contributed by atoms with Crippen molar-refractivity contribution in [3.8, 4) is 52.1 Å². The Labute approximate surface area is 293 Å². The van der Waals surface area contributed by atoms with E-state index in [0.29, 0.717) is 17.1 Å². The van der Waals surface area contributed by atoms with Crippen molar-refractivity contribution in [2.75, 3.05) is 9.80 Å². The molecule has 0 radical (unpaired) electrons. The summed E-state index contributed by atoms with van der Waals surface area (Å²) in [7, 11) is 0. The molecule has 0 unspecified atom stereocenters. The molecule has 11 rings (SSSR count). The summed E-state index contributed by atoms with van der Waals surface area (Å²) in [5, 5.41) is 10.0. The summed E-state index contributed by atoms with van der Waals surface area (Å²) >= 11 is 0. The van der Waals surface area contributed by atoms with E-state index < -0.39 is 0 Å². The number of rotatable bonds is 2. The van der Waals surface area contributed by atoms with Gasteiger partial charge >= 0.3 is 0 Å². The van der Waals surface area contributed by atoms with Crippen molar-refractivity contribution in [2.24, 2.45) is 0 Å². The number of para-hydroxylation sites is 8. The molecule has 238 valence electrons. The number of anilines is 6. The molecule has 0 saturated carbocycles. The number of nitriles is 1. The quantitative estimate of drug-likeness (QED) is 0.172. The van der Waals surface area contributed by atoms with Crippen LogP contribution < -0.4 is 45.1 Å². The molecule has 7 nitrogen and oxygen atoms in total. The molecule has 0 atom stereocenters. The fourth-order valence-corrected chi connectivity index (χ4v) is 7.78. The summed E-state index contributed by atoms with van der Waals surface area (Å²) in [5.74, 6) is 5.80. The zero-order valence-electron chi connectivity index (χ0n) is 26.9.